The van der Waals surface area contributed by atoms with Crippen molar-refractivity contribution in [1.82, 2.24) is 0 Å². The standard InChI is InChI=1S/C19H20N2O3/c1-12-11-16-15(9-10-17(23-3)19(16)24-4)18(21-20-12)13-5-7-14(22-2)8-6-13/h5-10H,11H2,1-4H3. The van der Waals surface area contributed by atoms with Gasteiger partial charge in [-0.15, -0.1) is 5.10 Å². The monoisotopic (exact) mass is 324 g/mol. The molecule has 5 heteroatoms. The van der Waals surface area contributed by atoms with E-state index in [0.29, 0.717) is 12.2 Å². The minimum Gasteiger partial charge on any atom is -0.497 e. The van der Waals surface area contributed by atoms with Crippen LogP contribution in [0.4, 0.5) is 0 Å². The molecule has 0 fully saturated rings. The second-order valence-electron chi connectivity index (χ2n) is 5.52. The van der Waals surface area contributed by atoms with Crippen molar-refractivity contribution >= 4 is 11.4 Å². The van der Waals surface area contributed by atoms with Crippen molar-refractivity contribution in [2.45, 2.75) is 13.3 Å². The van der Waals surface area contributed by atoms with Crippen molar-refractivity contribution in [2.75, 3.05) is 21.3 Å². The summed E-state index contributed by atoms with van der Waals surface area (Å²) in [4.78, 5) is 0. The van der Waals surface area contributed by atoms with E-state index in [1.807, 2.05) is 43.3 Å². The lowest BCUT2D eigenvalue weighted by molar-refractivity contribution is 0.352. The zero-order chi connectivity index (χ0) is 17.1. The van der Waals surface area contributed by atoms with E-state index in [-0.39, 0.29) is 0 Å². The van der Waals surface area contributed by atoms with Crippen LogP contribution in [-0.2, 0) is 6.42 Å². The number of nitrogens with zero attached hydrogens (tertiary/aromatic N) is 2. The minimum absolute atomic E-state index is 0.666. The van der Waals surface area contributed by atoms with E-state index in [4.69, 9.17) is 14.2 Å². The highest BCUT2D eigenvalue weighted by Gasteiger charge is 2.22. The first-order valence-electron chi connectivity index (χ1n) is 7.67. The third-order valence-corrected chi connectivity index (χ3v) is 4.02. The molecule has 5 nitrogen and oxygen atoms in total. The molecule has 0 unspecified atom stereocenters. The molecule has 0 saturated heterocycles. The first-order chi connectivity index (χ1) is 11.7. The van der Waals surface area contributed by atoms with Gasteiger partial charge in [-0.3, -0.25) is 0 Å². The summed E-state index contributed by atoms with van der Waals surface area (Å²) in [5.41, 5.74) is 4.74. The Labute approximate surface area is 141 Å². The molecule has 0 radical (unpaired) electrons. The lowest BCUT2D eigenvalue weighted by Gasteiger charge is -2.16. The van der Waals surface area contributed by atoms with E-state index < -0.39 is 0 Å². The fourth-order valence-corrected chi connectivity index (χ4v) is 2.83. The van der Waals surface area contributed by atoms with Gasteiger partial charge < -0.3 is 14.2 Å². The molecule has 24 heavy (non-hydrogen) atoms. The molecule has 2 aromatic carbocycles. The van der Waals surface area contributed by atoms with Crippen LogP contribution in [0.25, 0.3) is 0 Å². The van der Waals surface area contributed by atoms with Crippen molar-refractivity contribution in [3.63, 3.8) is 0 Å². The Morgan fingerprint density at radius 1 is 0.833 bits per heavy atom. The smallest absolute Gasteiger partial charge is 0.164 e. The van der Waals surface area contributed by atoms with Gasteiger partial charge in [0.15, 0.2) is 11.5 Å². The molecule has 0 atom stereocenters. The predicted molar refractivity (Wildman–Crippen MR) is 95.0 cm³/mol. The van der Waals surface area contributed by atoms with Gasteiger partial charge in [0.25, 0.3) is 0 Å². The molecule has 1 aliphatic heterocycles. The second-order valence-corrected chi connectivity index (χ2v) is 5.52. The van der Waals surface area contributed by atoms with Crippen molar-refractivity contribution in [3.8, 4) is 17.2 Å². The van der Waals surface area contributed by atoms with E-state index in [1.54, 1.807) is 21.3 Å². The number of ether oxygens (including phenoxy) is 3. The predicted octanol–water partition coefficient (Wildman–Crippen LogP) is 3.48. The second kappa shape index (κ2) is 6.74. The Morgan fingerprint density at radius 3 is 2.21 bits per heavy atom. The zero-order valence-electron chi connectivity index (χ0n) is 14.3. The van der Waals surface area contributed by atoms with Gasteiger partial charge in [0, 0.05) is 28.8 Å². The van der Waals surface area contributed by atoms with Gasteiger partial charge in [-0.1, -0.05) is 0 Å². The lowest BCUT2D eigenvalue weighted by atomic mass is 9.94. The van der Waals surface area contributed by atoms with Gasteiger partial charge in [0.05, 0.1) is 21.3 Å². The molecule has 1 heterocycles. The first-order valence-corrected chi connectivity index (χ1v) is 7.67. The maximum absolute atomic E-state index is 5.60. The van der Waals surface area contributed by atoms with Crippen LogP contribution in [0.3, 0.4) is 0 Å². The average Bonchev–Trinajstić information content (AvgIpc) is 2.79. The van der Waals surface area contributed by atoms with Crippen molar-refractivity contribution in [1.29, 1.82) is 0 Å². The normalized spacial score (nSPS) is 13.3. The molecule has 3 rings (SSSR count). The topological polar surface area (TPSA) is 52.4 Å². The highest BCUT2D eigenvalue weighted by atomic mass is 16.5. The Balaban J connectivity index is 2.18. The van der Waals surface area contributed by atoms with Crippen molar-refractivity contribution in [3.05, 3.63) is 53.1 Å². The van der Waals surface area contributed by atoms with Crippen LogP contribution >= 0.6 is 0 Å². The van der Waals surface area contributed by atoms with Crippen LogP contribution < -0.4 is 14.2 Å². The molecule has 0 bridgehead atoms. The fourth-order valence-electron chi connectivity index (χ4n) is 2.83. The number of benzene rings is 2. The maximum atomic E-state index is 5.60. The van der Waals surface area contributed by atoms with Crippen LogP contribution in [-0.4, -0.2) is 32.8 Å². The Bertz CT molecular complexity index is 808. The van der Waals surface area contributed by atoms with Gasteiger partial charge in [-0.05, 0) is 43.3 Å². The zero-order valence-corrected chi connectivity index (χ0v) is 14.3. The van der Waals surface area contributed by atoms with Crippen LogP contribution in [0.2, 0.25) is 0 Å². The molecule has 0 saturated carbocycles. The molecule has 124 valence electrons. The number of hydrogen-bond donors (Lipinski definition) is 0. The summed E-state index contributed by atoms with van der Waals surface area (Å²) in [6, 6.07) is 11.7. The van der Waals surface area contributed by atoms with Crippen LogP contribution in [0.15, 0.2) is 46.6 Å². The molecule has 0 aromatic heterocycles. The summed E-state index contributed by atoms with van der Waals surface area (Å²) in [5.74, 6) is 2.24. The SMILES string of the molecule is COc1ccc(C2=NN=C(C)Cc3c2ccc(OC)c3OC)cc1. The maximum Gasteiger partial charge on any atom is 0.164 e. The highest BCUT2D eigenvalue weighted by Crippen LogP contribution is 2.36. The Hall–Kier alpha value is -2.82. The third-order valence-electron chi connectivity index (χ3n) is 4.02. The largest absolute Gasteiger partial charge is 0.497 e. The van der Waals surface area contributed by atoms with Crippen LogP contribution in [0.1, 0.15) is 23.6 Å². The number of hydrogen-bond acceptors (Lipinski definition) is 5. The van der Waals surface area contributed by atoms with E-state index in [1.165, 1.54) is 0 Å². The summed E-state index contributed by atoms with van der Waals surface area (Å²) < 4.78 is 16.3. The summed E-state index contributed by atoms with van der Waals surface area (Å²) >= 11 is 0. The lowest BCUT2D eigenvalue weighted by Crippen LogP contribution is -2.09. The van der Waals surface area contributed by atoms with E-state index in [2.05, 4.69) is 10.2 Å². The molecule has 0 amide bonds. The quantitative estimate of drug-likeness (QED) is 0.865. The third kappa shape index (κ3) is 2.85. The van der Waals surface area contributed by atoms with E-state index in [9.17, 15) is 0 Å². The number of methoxy groups -OCH3 is 3. The van der Waals surface area contributed by atoms with Gasteiger partial charge in [-0.25, -0.2) is 0 Å². The summed E-state index contributed by atoms with van der Waals surface area (Å²) in [5, 5.41) is 8.82. The van der Waals surface area contributed by atoms with E-state index in [0.717, 1.165) is 39.6 Å². The number of fused-ring (bicyclic) bond motifs is 1. The summed E-state index contributed by atoms with van der Waals surface area (Å²) in [7, 11) is 4.94. The highest BCUT2D eigenvalue weighted by molar-refractivity contribution is 6.15. The Kier molecular flexibility index (Phi) is 4.51. The average molecular weight is 324 g/mol. The molecule has 1 aliphatic rings. The van der Waals surface area contributed by atoms with Crippen LogP contribution in [0, 0.1) is 0 Å². The minimum atomic E-state index is 0.666. The van der Waals surface area contributed by atoms with Gasteiger partial charge in [0.1, 0.15) is 11.5 Å². The van der Waals surface area contributed by atoms with Gasteiger partial charge >= 0.3 is 0 Å². The summed E-state index contributed by atoms with van der Waals surface area (Å²) in [6.07, 6.45) is 0.666. The fraction of sp³-hybridized carbons (Fsp3) is 0.263. The molecule has 0 spiro atoms. The Morgan fingerprint density at radius 2 is 1.58 bits per heavy atom. The van der Waals surface area contributed by atoms with Gasteiger partial charge in [-0.2, -0.15) is 5.10 Å². The van der Waals surface area contributed by atoms with Gasteiger partial charge in [0.2, 0.25) is 0 Å². The molecule has 0 aliphatic carbocycles. The molecular weight excluding hydrogens is 304 g/mol. The van der Waals surface area contributed by atoms with Crippen molar-refractivity contribution in [2.24, 2.45) is 10.2 Å². The molecular formula is C19H20N2O3. The molecule has 2 aromatic rings. The number of rotatable bonds is 4. The summed E-state index contributed by atoms with van der Waals surface area (Å²) in [6.45, 7) is 1.96. The van der Waals surface area contributed by atoms with Crippen LogP contribution in [0.5, 0.6) is 17.2 Å². The van der Waals surface area contributed by atoms with E-state index >= 15 is 0 Å². The first kappa shape index (κ1) is 16.1. The van der Waals surface area contributed by atoms with Crippen molar-refractivity contribution < 1.29 is 14.2 Å². The molecule has 0 N–H and O–H groups in total.